The summed E-state index contributed by atoms with van der Waals surface area (Å²) in [4.78, 5) is 0. The third kappa shape index (κ3) is 3.09. The summed E-state index contributed by atoms with van der Waals surface area (Å²) < 4.78 is 57.4. The Bertz CT molecular complexity index is 323. The van der Waals surface area contributed by atoms with E-state index in [1.165, 1.54) is 0 Å². The van der Waals surface area contributed by atoms with E-state index < -0.39 is 15.3 Å². The second kappa shape index (κ2) is 4.36. The summed E-state index contributed by atoms with van der Waals surface area (Å²) in [6, 6.07) is 0. The second-order valence-corrected chi connectivity index (χ2v) is 6.80. The van der Waals surface area contributed by atoms with Crippen LogP contribution < -0.4 is 0 Å². The summed E-state index contributed by atoms with van der Waals surface area (Å²) in [5.41, 5.74) is -5.18. The SMILES string of the molecule is O=S(=O)(C=C1SCCCS1)C(F)(F)F. The Labute approximate surface area is 88.2 Å². The predicted octanol–water partition coefficient (Wildman–Crippen LogP) is 2.59. The van der Waals surface area contributed by atoms with Crippen LogP contribution in [-0.2, 0) is 9.84 Å². The molecule has 0 N–H and O–H groups in total. The zero-order chi connectivity index (χ0) is 10.8. The van der Waals surface area contributed by atoms with Gasteiger partial charge in [0, 0.05) is 0 Å². The lowest BCUT2D eigenvalue weighted by atomic mass is 10.6. The molecule has 0 radical (unpaired) electrons. The summed E-state index contributed by atoms with van der Waals surface area (Å²) in [5, 5.41) is 0.321. The van der Waals surface area contributed by atoms with Crippen LogP contribution in [0.4, 0.5) is 13.2 Å². The van der Waals surface area contributed by atoms with Crippen LogP contribution in [0.25, 0.3) is 0 Å². The lowest BCUT2D eigenvalue weighted by molar-refractivity contribution is -0.0423. The molecule has 0 aromatic rings. The van der Waals surface area contributed by atoms with E-state index in [1.807, 2.05) is 0 Å². The number of hydrogen-bond acceptors (Lipinski definition) is 4. The van der Waals surface area contributed by atoms with Crippen molar-refractivity contribution in [2.75, 3.05) is 11.5 Å². The maximum atomic E-state index is 11.9. The van der Waals surface area contributed by atoms with Crippen LogP contribution in [0.3, 0.4) is 0 Å². The molecule has 0 aliphatic carbocycles. The van der Waals surface area contributed by atoms with Crippen molar-refractivity contribution in [2.45, 2.75) is 11.9 Å². The van der Waals surface area contributed by atoms with Crippen molar-refractivity contribution in [1.29, 1.82) is 0 Å². The summed E-state index contributed by atoms with van der Waals surface area (Å²) >= 11 is 2.30. The van der Waals surface area contributed by atoms with Crippen molar-refractivity contribution in [3.63, 3.8) is 0 Å². The maximum absolute atomic E-state index is 11.9. The smallest absolute Gasteiger partial charge is 0.215 e. The van der Waals surface area contributed by atoms with E-state index in [1.54, 1.807) is 0 Å². The molecule has 2 nitrogen and oxygen atoms in total. The van der Waals surface area contributed by atoms with E-state index in [9.17, 15) is 21.6 Å². The van der Waals surface area contributed by atoms with Crippen LogP contribution in [0.1, 0.15) is 6.42 Å². The van der Waals surface area contributed by atoms with E-state index in [4.69, 9.17) is 0 Å². The molecule has 0 spiro atoms. The summed E-state index contributed by atoms with van der Waals surface area (Å²) in [7, 11) is -5.10. The van der Waals surface area contributed by atoms with Crippen LogP contribution in [0.15, 0.2) is 9.65 Å². The third-order valence-electron chi connectivity index (χ3n) is 1.35. The zero-order valence-electron chi connectivity index (χ0n) is 6.87. The first-order valence-corrected chi connectivity index (χ1v) is 7.13. The standard InChI is InChI=1S/C6H7F3O2S3/c7-6(8,9)14(10,11)4-5-12-2-1-3-13-5/h4H,1-3H2. The van der Waals surface area contributed by atoms with Gasteiger partial charge in [-0.25, -0.2) is 8.42 Å². The Kier molecular flexibility index (Phi) is 3.81. The fraction of sp³-hybridized carbons (Fsp3) is 0.667. The first-order chi connectivity index (χ1) is 6.33. The molecule has 0 bridgehead atoms. The van der Waals surface area contributed by atoms with Gasteiger partial charge in [-0.3, -0.25) is 0 Å². The van der Waals surface area contributed by atoms with Gasteiger partial charge >= 0.3 is 5.51 Å². The van der Waals surface area contributed by atoms with E-state index in [2.05, 4.69) is 0 Å². The molecule has 14 heavy (non-hydrogen) atoms. The molecule has 82 valence electrons. The molecule has 1 fully saturated rings. The maximum Gasteiger partial charge on any atom is 0.501 e. The number of sulfone groups is 1. The first kappa shape index (κ1) is 12.3. The summed E-state index contributed by atoms with van der Waals surface area (Å²) in [5.74, 6) is 1.35. The number of hydrogen-bond donors (Lipinski definition) is 0. The molecule has 0 saturated carbocycles. The van der Waals surface area contributed by atoms with Gasteiger partial charge in [0.2, 0.25) is 0 Å². The summed E-state index contributed by atoms with van der Waals surface area (Å²) in [6.07, 6.45) is 0.888. The van der Waals surface area contributed by atoms with Crippen molar-refractivity contribution in [1.82, 2.24) is 0 Å². The molecular weight excluding hydrogens is 257 g/mol. The van der Waals surface area contributed by atoms with Crippen LogP contribution in [0, 0.1) is 0 Å². The van der Waals surface area contributed by atoms with Crippen molar-refractivity contribution < 1.29 is 21.6 Å². The van der Waals surface area contributed by atoms with Gasteiger partial charge < -0.3 is 0 Å². The molecule has 0 unspecified atom stereocenters. The van der Waals surface area contributed by atoms with Crippen molar-refractivity contribution in [3.8, 4) is 0 Å². The Balaban J connectivity index is 2.85. The number of halogens is 3. The molecule has 1 aliphatic heterocycles. The molecule has 1 saturated heterocycles. The average molecular weight is 264 g/mol. The van der Waals surface area contributed by atoms with Crippen LogP contribution >= 0.6 is 23.5 Å². The molecule has 0 amide bonds. The van der Waals surface area contributed by atoms with E-state index in [-0.39, 0.29) is 4.24 Å². The Hall–Kier alpha value is 0.180. The quantitative estimate of drug-likeness (QED) is 0.729. The number of thioether (sulfide) groups is 2. The highest BCUT2D eigenvalue weighted by molar-refractivity contribution is 8.23. The molecule has 8 heteroatoms. The minimum atomic E-state index is -5.18. The second-order valence-electron chi connectivity index (χ2n) is 2.48. The van der Waals surface area contributed by atoms with Gasteiger partial charge in [-0.1, -0.05) is 0 Å². The van der Waals surface area contributed by atoms with Crippen molar-refractivity contribution in [3.05, 3.63) is 9.65 Å². The van der Waals surface area contributed by atoms with Crippen LogP contribution in [0.2, 0.25) is 0 Å². The fourth-order valence-electron chi connectivity index (χ4n) is 0.708. The van der Waals surface area contributed by atoms with Gasteiger partial charge in [0.05, 0.1) is 9.65 Å². The Morgan fingerprint density at radius 2 is 1.71 bits per heavy atom. The van der Waals surface area contributed by atoms with Gasteiger partial charge in [-0.05, 0) is 17.9 Å². The van der Waals surface area contributed by atoms with Gasteiger partial charge in [0.1, 0.15) is 0 Å². The third-order valence-corrected chi connectivity index (χ3v) is 5.34. The number of rotatable bonds is 1. The van der Waals surface area contributed by atoms with E-state index in [0.717, 1.165) is 29.9 Å². The molecular formula is C6H7F3O2S3. The van der Waals surface area contributed by atoms with Gasteiger partial charge in [0.15, 0.2) is 0 Å². The molecule has 1 rings (SSSR count). The van der Waals surface area contributed by atoms with Gasteiger partial charge in [0.25, 0.3) is 9.84 Å². The summed E-state index contributed by atoms with van der Waals surface area (Å²) in [6.45, 7) is 0. The molecule has 0 atom stereocenters. The first-order valence-electron chi connectivity index (χ1n) is 3.61. The Morgan fingerprint density at radius 1 is 1.21 bits per heavy atom. The average Bonchev–Trinajstić information content (AvgIpc) is 2.03. The monoisotopic (exact) mass is 264 g/mol. The number of alkyl halides is 3. The zero-order valence-corrected chi connectivity index (χ0v) is 9.32. The molecule has 1 aliphatic rings. The predicted molar refractivity (Wildman–Crippen MR) is 52.6 cm³/mol. The van der Waals surface area contributed by atoms with E-state index in [0.29, 0.717) is 16.9 Å². The van der Waals surface area contributed by atoms with Crippen LogP contribution in [0.5, 0.6) is 0 Å². The van der Waals surface area contributed by atoms with Crippen molar-refractivity contribution >= 4 is 33.4 Å². The molecule has 0 aromatic carbocycles. The minimum Gasteiger partial charge on any atom is -0.215 e. The van der Waals surface area contributed by atoms with Gasteiger partial charge in [-0.15, -0.1) is 23.5 Å². The minimum absolute atomic E-state index is 0.230. The lowest BCUT2D eigenvalue weighted by Crippen LogP contribution is -2.20. The van der Waals surface area contributed by atoms with Crippen LogP contribution in [-0.4, -0.2) is 25.4 Å². The van der Waals surface area contributed by atoms with Gasteiger partial charge in [-0.2, -0.15) is 13.2 Å². The topological polar surface area (TPSA) is 34.1 Å². The highest BCUT2D eigenvalue weighted by Crippen LogP contribution is 2.37. The molecule has 1 heterocycles. The molecule has 0 aromatic heterocycles. The fourth-order valence-corrected chi connectivity index (χ4v) is 4.39. The highest BCUT2D eigenvalue weighted by Gasteiger charge is 2.44. The normalized spacial score (nSPS) is 19.5. The lowest BCUT2D eigenvalue weighted by Gasteiger charge is -2.12. The Morgan fingerprint density at radius 3 is 2.14 bits per heavy atom. The van der Waals surface area contributed by atoms with E-state index >= 15 is 0 Å². The highest BCUT2D eigenvalue weighted by atomic mass is 32.2. The largest absolute Gasteiger partial charge is 0.501 e. The van der Waals surface area contributed by atoms with Crippen molar-refractivity contribution in [2.24, 2.45) is 0 Å².